The maximum absolute atomic E-state index is 9.90. The van der Waals surface area contributed by atoms with Crippen molar-refractivity contribution in [3.05, 3.63) is 29.3 Å². The predicted molar refractivity (Wildman–Crippen MR) is 76.9 cm³/mol. The van der Waals surface area contributed by atoms with Gasteiger partial charge >= 0.3 is 0 Å². The fourth-order valence-corrected chi connectivity index (χ4v) is 3.52. The van der Waals surface area contributed by atoms with Crippen molar-refractivity contribution in [2.45, 2.75) is 25.9 Å². The molecule has 1 aromatic heterocycles. The fourth-order valence-electron chi connectivity index (χ4n) is 1.63. The van der Waals surface area contributed by atoms with Crippen molar-refractivity contribution < 1.29 is 5.11 Å². The number of rotatable bonds is 6. The van der Waals surface area contributed by atoms with Gasteiger partial charge in [0, 0.05) is 12.2 Å². The van der Waals surface area contributed by atoms with Gasteiger partial charge in [-0.1, -0.05) is 19.1 Å². The average Bonchev–Trinajstić information content (AvgIpc) is 2.71. The Kier molecular flexibility index (Phi) is 4.83. The van der Waals surface area contributed by atoms with Crippen LogP contribution in [-0.2, 0) is 6.42 Å². The van der Waals surface area contributed by atoms with Gasteiger partial charge in [-0.3, -0.25) is 0 Å². The third-order valence-corrected chi connectivity index (χ3v) is 4.78. The molecule has 92 valence electrons. The van der Waals surface area contributed by atoms with E-state index in [9.17, 15) is 5.11 Å². The lowest BCUT2D eigenvalue weighted by atomic mass is 10.3. The Bertz CT molecular complexity index is 436. The quantitative estimate of drug-likeness (QED) is 0.815. The molecule has 0 fully saturated rings. The van der Waals surface area contributed by atoms with E-state index in [1.807, 2.05) is 30.0 Å². The molecule has 0 spiro atoms. The van der Waals surface area contributed by atoms with Crippen molar-refractivity contribution in [2.24, 2.45) is 0 Å². The highest BCUT2D eigenvalue weighted by Gasteiger charge is 2.09. The summed E-state index contributed by atoms with van der Waals surface area (Å²) in [6.45, 7) is 2.16. The topological polar surface area (TPSA) is 33.1 Å². The van der Waals surface area contributed by atoms with Crippen LogP contribution in [0.1, 0.15) is 18.4 Å². The van der Waals surface area contributed by atoms with Crippen LogP contribution in [-0.4, -0.2) is 27.7 Å². The number of aliphatic hydroxyl groups is 1. The van der Waals surface area contributed by atoms with Crippen LogP contribution in [0.4, 0.5) is 0 Å². The Hall–Kier alpha value is -0.580. The van der Waals surface area contributed by atoms with Crippen LogP contribution in [0.3, 0.4) is 0 Å². The first-order chi connectivity index (χ1) is 8.29. The van der Waals surface area contributed by atoms with Gasteiger partial charge in [0.1, 0.15) is 0 Å². The van der Waals surface area contributed by atoms with Crippen molar-refractivity contribution in [1.82, 2.24) is 4.98 Å². The normalized spacial score (nSPS) is 13.1. The molecule has 1 atom stereocenters. The van der Waals surface area contributed by atoms with Crippen LogP contribution in [0, 0.1) is 0 Å². The van der Waals surface area contributed by atoms with Crippen LogP contribution < -0.4 is 0 Å². The number of hydrogen-bond acceptors (Lipinski definition) is 4. The molecule has 4 heteroatoms. The van der Waals surface area contributed by atoms with E-state index in [1.165, 1.54) is 11.1 Å². The number of aromatic nitrogens is 1. The first-order valence-electron chi connectivity index (χ1n) is 5.90. The summed E-state index contributed by atoms with van der Waals surface area (Å²) in [6, 6.07) is 8.12. The van der Waals surface area contributed by atoms with Crippen LogP contribution in [0.15, 0.2) is 24.3 Å². The summed E-state index contributed by atoms with van der Waals surface area (Å²) in [5.41, 5.74) is 1.04. The second-order valence-electron chi connectivity index (χ2n) is 4.01. The van der Waals surface area contributed by atoms with Gasteiger partial charge in [0.05, 0.1) is 21.3 Å². The highest BCUT2D eigenvalue weighted by atomic mass is 32.2. The average molecular weight is 267 g/mol. The van der Waals surface area contributed by atoms with Crippen molar-refractivity contribution in [2.75, 3.05) is 11.5 Å². The zero-order valence-corrected chi connectivity index (χ0v) is 11.6. The Morgan fingerprint density at radius 1 is 1.41 bits per heavy atom. The molecule has 0 aliphatic rings. The number of benzene rings is 1. The number of hydrogen-bond donors (Lipinski definition) is 1. The minimum absolute atomic E-state index is 0.271. The van der Waals surface area contributed by atoms with Gasteiger partial charge < -0.3 is 5.11 Å². The zero-order valence-electron chi connectivity index (χ0n) is 9.93. The van der Waals surface area contributed by atoms with Gasteiger partial charge in [0.2, 0.25) is 0 Å². The molecule has 2 aromatic rings. The Labute approximate surface area is 110 Å². The number of para-hydroxylation sites is 1. The standard InChI is InChI=1S/C13H17NOS2/c1-2-7-16-9-10(15)8-13-14-11-5-3-4-6-12(11)17-13/h3-6,10,15H,2,7-9H2,1H3. The van der Waals surface area contributed by atoms with E-state index in [2.05, 4.69) is 18.0 Å². The third kappa shape index (κ3) is 3.69. The highest BCUT2D eigenvalue weighted by Crippen LogP contribution is 2.23. The predicted octanol–water partition coefficient (Wildman–Crippen LogP) is 3.34. The van der Waals surface area contributed by atoms with E-state index in [1.54, 1.807) is 11.3 Å². The summed E-state index contributed by atoms with van der Waals surface area (Å²) in [5, 5.41) is 10.9. The molecule has 2 rings (SSSR count). The molecule has 0 aliphatic heterocycles. The van der Waals surface area contributed by atoms with E-state index < -0.39 is 0 Å². The van der Waals surface area contributed by atoms with Crippen LogP contribution in [0.5, 0.6) is 0 Å². The van der Waals surface area contributed by atoms with Gasteiger partial charge in [0.15, 0.2) is 0 Å². The van der Waals surface area contributed by atoms with E-state index in [0.717, 1.165) is 22.0 Å². The smallest absolute Gasteiger partial charge is 0.0964 e. The van der Waals surface area contributed by atoms with Crippen molar-refractivity contribution >= 4 is 33.3 Å². The molecule has 0 amide bonds. The van der Waals surface area contributed by atoms with Gasteiger partial charge in [-0.15, -0.1) is 11.3 Å². The highest BCUT2D eigenvalue weighted by molar-refractivity contribution is 7.99. The molecule has 0 saturated carbocycles. The summed E-state index contributed by atoms with van der Waals surface area (Å²) < 4.78 is 1.20. The monoisotopic (exact) mass is 267 g/mol. The molecule has 0 aliphatic carbocycles. The van der Waals surface area contributed by atoms with Gasteiger partial charge in [0.25, 0.3) is 0 Å². The number of thioether (sulfide) groups is 1. The number of thiazole rings is 1. The van der Waals surface area contributed by atoms with Gasteiger partial charge in [-0.05, 0) is 24.3 Å². The minimum atomic E-state index is -0.271. The van der Waals surface area contributed by atoms with Gasteiger partial charge in [-0.2, -0.15) is 11.8 Å². The first-order valence-corrected chi connectivity index (χ1v) is 7.87. The number of fused-ring (bicyclic) bond motifs is 1. The Balaban J connectivity index is 1.93. The molecule has 0 radical (unpaired) electrons. The molecule has 2 nitrogen and oxygen atoms in total. The van der Waals surface area contributed by atoms with E-state index in [0.29, 0.717) is 6.42 Å². The maximum Gasteiger partial charge on any atom is 0.0964 e. The zero-order chi connectivity index (χ0) is 12.1. The SMILES string of the molecule is CCCSCC(O)Cc1nc2ccccc2s1. The second kappa shape index (κ2) is 6.38. The molecule has 1 heterocycles. The fraction of sp³-hybridized carbons (Fsp3) is 0.462. The minimum Gasteiger partial charge on any atom is -0.392 e. The van der Waals surface area contributed by atoms with Crippen molar-refractivity contribution in [1.29, 1.82) is 0 Å². The van der Waals surface area contributed by atoms with Crippen LogP contribution in [0.25, 0.3) is 10.2 Å². The first kappa shape index (κ1) is 12.9. The molecule has 1 unspecified atom stereocenters. The lowest BCUT2D eigenvalue weighted by molar-refractivity contribution is 0.200. The number of aliphatic hydroxyl groups excluding tert-OH is 1. The van der Waals surface area contributed by atoms with Gasteiger partial charge in [-0.25, -0.2) is 4.98 Å². The Morgan fingerprint density at radius 3 is 3.00 bits per heavy atom. The Morgan fingerprint density at radius 2 is 2.24 bits per heavy atom. The van der Waals surface area contributed by atoms with Crippen molar-refractivity contribution in [3.63, 3.8) is 0 Å². The summed E-state index contributed by atoms with van der Waals surface area (Å²) in [5.74, 6) is 1.93. The molecule has 1 N–H and O–H groups in total. The lowest BCUT2D eigenvalue weighted by Crippen LogP contribution is -2.13. The molecular formula is C13H17NOS2. The van der Waals surface area contributed by atoms with Crippen molar-refractivity contribution in [3.8, 4) is 0 Å². The van der Waals surface area contributed by atoms with E-state index >= 15 is 0 Å². The third-order valence-electron chi connectivity index (χ3n) is 2.41. The maximum atomic E-state index is 9.90. The van der Waals surface area contributed by atoms with E-state index in [-0.39, 0.29) is 6.10 Å². The van der Waals surface area contributed by atoms with Crippen LogP contribution >= 0.6 is 23.1 Å². The molecule has 17 heavy (non-hydrogen) atoms. The summed E-state index contributed by atoms with van der Waals surface area (Å²) in [6.07, 6.45) is 1.57. The second-order valence-corrected chi connectivity index (χ2v) is 6.27. The molecule has 0 bridgehead atoms. The molecule has 1 aromatic carbocycles. The number of nitrogens with zero attached hydrogens (tertiary/aromatic N) is 1. The van der Waals surface area contributed by atoms with E-state index in [4.69, 9.17) is 0 Å². The lowest BCUT2D eigenvalue weighted by Gasteiger charge is -2.07. The largest absolute Gasteiger partial charge is 0.392 e. The summed E-state index contributed by atoms with van der Waals surface area (Å²) >= 11 is 3.50. The summed E-state index contributed by atoms with van der Waals surface area (Å²) in [4.78, 5) is 4.53. The molecule has 0 saturated heterocycles. The van der Waals surface area contributed by atoms with Crippen LogP contribution in [0.2, 0.25) is 0 Å². The summed E-state index contributed by atoms with van der Waals surface area (Å²) in [7, 11) is 0. The molecular weight excluding hydrogens is 250 g/mol.